The van der Waals surface area contributed by atoms with Gasteiger partial charge in [-0.1, -0.05) is 23.3 Å². The van der Waals surface area contributed by atoms with Gasteiger partial charge in [0.25, 0.3) is 11.8 Å². The van der Waals surface area contributed by atoms with E-state index in [1.807, 2.05) is 44.2 Å². The van der Waals surface area contributed by atoms with Gasteiger partial charge in [0, 0.05) is 37.8 Å². The molecule has 2 heterocycles. The zero-order chi connectivity index (χ0) is 24.8. The fraction of sp³-hybridized carbons (Fsp3) is 0.375. The minimum absolute atomic E-state index is 0.0272. The molecule has 3 aromatic rings. The summed E-state index contributed by atoms with van der Waals surface area (Å²) < 4.78 is 12.7. The van der Waals surface area contributed by atoms with Gasteiger partial charge in [0.2, 0.25) is 5.95 Å². The minimum atomic E-state index is -0.224. The Balaban J connectivity index is 1.38. The Hall–Kier alpha value is -4.15. The lowest BCUT2D eigenvalue weighted by molar-refractivity contribution is -0.123. The molecule has 4 rings (SSSR count). The van der Waals surface area contributed by atoms with Crippen molar-refractivity contribution >= 4 is 17.8 Å². The summed E-state index contributed by atoms with van der Waals surface area (Å²) in [6.45, 7) is 5.87. The van der Waals surface area contributed by atoms with Crippen molar-refractivity contribution < 1.29 is 19.1 Å². The third-order valence-electron chi connectivity index (χ3n) is 5.52. The van der Waals surface area contributed by atoms with E-state index in [1.165, 1.54) is 7.11 Å². The van der Waals surface area contributed by atoms with E-state index < -0.39 is 0 Å². The molecule has 0 spiro atoms. The second-order valence-electron chi connectivity index (χ2n) is 8.38. The van der Waals surface area contributed by atoms with Crippen molar-refractivity contribution in [2.75, 3.05) is 44.8 Å². The molecular formula is C24H29N7O4. The number of benzene rings is 2. The molecule has 2 aromatic carbocycles. The van der Waals surface area contributed by atoms with Gasteiger partial charge >= 0.3 is 0 Å². The fourth-order valence-electron chi connectivity index (χ4n) is 3.83. The number of carbonyl (C=O) groups is 2. The summed E-state index contributed by atoms with van der Waals surface area (Å²) in [6, 6.07) is 14.7. The van der Waals surface area contributed by atoms with Crippen molar-refractivity contribution in [2.24, 2.45) is 0 Å². The van der Waals surface area contributed by atoms with Crippen molar-refractivity contribution in [1.29, 1.82) is 0 Å². The van der Waals surface area contributed by atoms with E-state index in [2.05, 4.69) is 25.7 Å². The highest BCUT2D eigenvalue weighted by Crippen LogP contribution is 2.29. The summed E-state index contributed by atoms with van der Waals surface area (Å²) in [5.74, 6) is 1.12. The second kappa shape index (κ2) is 10.9. The molecule has 0 bridgehead atoms. The summed E-state index contributed by atoms with van der Waals surface area (Å²) >= 11 is 0. The van der Waals surface area contributed by atoms with Gasteiger partial charge in [-0.2, -0.15) is 4.68 Å². The first-order valence-corrected chi connectivity index (χ1v) is 11.4. The summed E-state index contributed by atoms with van der Waals surface area (Å²) in [6.07, 6.45) is 0. The first-order valence-electron chi connectivity index (χ1n) is 11.4. The van der Waals surface area contributed by atoms with E-state index in [1.54, 1.807) is 27.8 Å². The van der Waals surface area contributed by atoms with Crippen LogP contribution in [0.1, 0.15) is 24.2 Å². The lowest BCUT2D eigenvalue weighted by atomic mass is 10.1. The van der Waals surface area contributed by atoms with Crippen LogP contribution < -0.4 is 19.7 Å². The number of tetrazole rings is 1. The van der Waals surface area contributed by atoms with Crippen molar-refractivity contribution in [2.45, 2.75) is 19.9 Å². The van der Waals surface area contributed by atoms with Gasteiger partial charge in [-0.05, 0) is 54.6 Å². The molecule has 0 atom stereocenters. The molecule has 1 aliphatic rings. The summed E-state index contributed by atoms with van der Waals surface area (Å²) in [4.78, 5) is 28.9. The van der Waals surface area contributed by atoms with E-state index in [0.29, 0.717) is 49.2 Å². The molecule has 0 aliphatic carbocycles. The van der Waals surface area contributed by atoms with E-state index in [0.717, 1.165) is 5.69 Å². The van der Waals surface area contributed by atoms with Crippen LogP contribution in [0.15, 0.2) is 48.5 Å². The van der Waals surface area contributed by atoms with Crippen molar-refractivity contribution in [3.8, 4) is 17.2 Å². The monoisotopic (exact) mass is 479 g/mol. The van der Waals surface area contributed by atoms with E-state index in [4.69, 9.17) is 9.47 Å². The molecule has 11 heteroatoms. The van der Waals surface area contributed by atoms with Crippen LogP contribution in [-0.2, 0) is 4.79 Å². The lowest BCUT2D eigenvalue weighted by Crippen LogP contribution is -2.49. The molecule has 0 saturated carbocycles. The standard InChI is InChI=1S/C24H29N7O4/c1-17(2)25-22(32)16-35-20-10-9-18(15-21(20)34-3)23(33)29-11-13-30(14-12-29)24-26-27-28-31(24)19-7-5-4-6-8-19/h4-10,15,17H,11-14,16H2,1-3H3,(H,25,32). The zero-order valence-electron chi connectivity index (χ0n) is 20.0. The first-order chi connectivity index (χ1) is 17.0. The highest BCUT2D eigenvalue weighted by Gasteiger charge is 2.26. The number of nitrogens with one attached hydrogen (secondary N) is 1. The van der Waals surface area contributed by atoms with Crippen LogP contribution >= 0.6 is 0 Å². The van der Waals surface area contributed by atoms with Crippen LogP contribution in [0.3, 0.4) is 0 Å². The highest BCUT2D eigenvalue weighted by atomic mass is 16.5. The SMILES string of the molecule is COc1cc(C(=O)N2CCN(c3nnnn3-c3ccccc3)CC2)ccc1OCC(=O)NC(C)C. The van der Waals surface area contributed by atoms with Crippen molar-refractivity contribution in [1.82, 2.24) is 30.4 Å². The molecular weight excluding hydrogens is 450 g/mol. The quantitative estimate of drug-likeness (QED) is 0.517. The molecule has 0 unspecified atom stereocenters. The maximum Gasteiger partial charge on any atom is 0.258 e. The van der Waals surface area contributed by atoms with Crippen molar-refractivity contribution in [3.63, 3.8) is 0 Å². The maximum atomic E-state index is 13.1. The van der Waals surface area contributed by atoms with Crippen LogP contribution in [0.25, 0.3) is 5.69 Å². The van der Waals surface area contributed by atoms with Gasteiger partial charge in [0.1, 0.15) is 0 Å². The second-order valence-corrected chi connectivity index (χ2v) is 8.38. The average Bonchev–Trinajstić information content (AvgIpc) is 3.37. The average molecular weight is 480 g/mol. The van der Waals surface area contributed by atoms with Gasteiger partial charge in [-0.15, -0.1) is 0 Å². The largest absolute Gasteiger partial charge is 0.493 e. The number of para-hydroxylation sites is 1. The Morgan fingerprint density at radius 2 is 1.77 bits per heavy atom. The van der Waals surface area contributed by atoms with Crippen LogP contribution in [0.2, 0.25) is 0 Å². The number of aromatic nitrogens is 4. The molecule has 1 N–H and O–H groups in total. The third-order valence-corrected chi connectivity index (χ3v) is 5.52. The van der Waals surface area contributed by atoms with Gasteiger partial charge in [-0.25, -0.2) is 0 Å². The highest BCUT2D eigenvalue weighted by molar-refractivity contribution is 5.95. The number of anilines is 1. The molecule has 11 nitrogen and oxygen atoms in total. The predicted molar refractivity (Wildman–Crippen MR) is 129 cm³/mol. The summed E-state index contributed by atoms with van der Waals surface area (Å²) in [5.41, 5.74) is 1.37. The number of nitrogens with zero attached hydrogens (tertiary/aromatic N) is 6. The molecule has 1 aromatic heterocycles. The molecule has 1 aliphatic heterocycles. The molecule has 1 saturated heterocycles. The Morgan fingerprint density at radius 1 is 1.03 bits per heavy atom. The fourth-order valence-corrected chi connectivity index (χ4v) is 3.83. The van der Waals surface area contributed by atoms with Crippen molar-refractivity contribution in [3.05, 3.63) is 54.1 Å². The zero-order valence-corrected chi connectivity index (χ0v) is 20.0. The third kappa shape index (κ3) is 5.68. The van der Waals surface area contributed by atoms with Crippen LogP contribution in [0, 0.1) is 0 Å². The van der Waals surface area contributed by atoms with Crippen LogP contribution in [0.5, 0.6) is 11.5 Å². The lowest BCUT2D eigenvalue weighted by Gasteiger charge is -2.34. The molecule has 184 valence electrons. The number of piperazine rings is 1. The Labute approximate surface area is 203 Å². The van der Waals surface area contributed by atoms with E-state index >= 15 is 0 Å². The summed E-state index contributed by atoms with van der Waals surface area (Å²) in [7, 11) is 1.50. The maximum absolute atomic E-state index is 13.1. The molecule has 2 amide bonds. The van der Waals surface area contributed by atoms with Gasteiger partial charge in [0.05, 0.1) is 12.8 Å². The number of rotatable bonds is 8. The van der Waals surface area contributed by atoms with Gasteiger partial charge in [0.15, 0.2) is 18.1 Å². The molecule has 35 heavy (non-hydrogen) atoms. The van der Waals surface area contributed by atoms with Gasteiger partial charge < -0.3 is 24.6 Å². The topological polar surface area (TPSA) is 115 Å². The first kappa shape index (κ1) is 24.0. The number of hydrogen-bond acceptors (Lipinski definition) is 8. The van der Waals surface area contributed by atoms with Crippen LogP contribution in [-0.4, -0.2) is 82.9 Å². The Morgan fingerprint density at radius 3 is 2.46 bits per heavy atom. The number of ether oxygens (including phenoxy) is 2. The predicted octanol–water partition coefficient (Wildman–Crippen LogP) is 1.54. The van der Waals surface area contributed by atoms with E-state index in [9.17, 15) is 9.59 Å². The number of amides is 2. The minimum Gasteiger partial charge on any atom is -0.493 e. The summed E-state index contributed by atoms with van der Waals surface area (Å²) in [5, 5.41) is 14.9. The normalized spacial score (nSPS) is 13.6. The Bertz CT molecular complexity index is 1160. The molecule has 1 fully saturated rings. The smallest absolute Gasteiger partial charge is 0.258 e. The van der Waals surface area contributed by atoms with E-state index in [-0.39, 0.29) is 24.5 Å². The Kier molecular flexibility index (Phi) is 7.44. The van der Waals surface area contributed by atoms with Gasteiger partial charge in [-0.3, -0.25) is 9.59 Å². The van der Waals surface area contributed by atoms with Crippen LogP contribution in [0.4, 0.5) is 5.95 Å². The number of carbonyl (C=O) groups excluding carboxylic acids is 2. The number of hydrogen-bond donors (Lipinski definition) is 1. The molecule has 0 radical (unpaired) electrons. The number of methoxy groups -OCH3 is 1.